The Balaban J connectivity index is 2.01. The van der Waals surface area contributed by atoms with E-state index in [2.05, 4.69) is 0 Å². The van der Waals surface area contributed by atoms with Crippen molar-refractivity contribution in [3.8, 4) is 11.1 Å². The third kappa shape index (κ3) is 6.71. The molecule has 3 aromatic carbocycles. The number of nitrogens with two attached hydrogens (primary N) is 1. The lowest BCUT2D eigenvalue weighted by molar-refractivity contribution is -0.144. The van der Waals surface area contributed by atoms with Gasteiger partial charge in [0.1, 0.15) is 6.04 Å². The third-order valence-corrected chi connectivity index (χ3v) is 6.33. The Labute approximate surface area is 218 Å². The minimum absolute atomic E-state index is 0.0313. The zero-order valence-corrected chi connectivity index (χ0v) is 21.1. The number of halogens is 3. The molecule has 0 spiro atoms. The molecule has 0 radical (unpaired) electrons. The number of benzene rings is 3. The lowest BCUT2D eigenvalue weighted by atomic mass is 9.89. The van der Waals surface area contributed by atoms with Crippen LogP contribution >= 0.6 is 11.6 Å². The number of rotatable bonds is 10. The van der Waals surface area contributed by atoms with E-state index >= 15 is 0 Å². The van der Waals surface area contributed by atoms with E-state index in [9.17, 15) is 28.3 Å². The highest BCUT2D eigenvalue weighted by atomic mass is 35.5. The molecule has 0 saturated heterocycles. The Morgan fingerprint density at radius 1 is 1.00 bits per heavy atom. The van der Waals surface area contributed by atoms with Crippen molar-refractivity contribution in [2.75, 3.05) is 0 Å². The van der Waals surface area contributed by atoms with Gasteiger partial charge >= 0.3 is 5.97 Å². The molecule has 0 heterocycles. The van der Waals surface area contributed by atoms with Gasteiger partial charge in [0.05, 0.1) is 0 Å². The predicted molar refractivity (Wildman–Crippen MR) is 137 cm³/mol. The van der Waals surface area contributed by atoms with E-state index < -0.39 is 41.0 Å². The molecule has 3 N–H and O–H groups in total. The van der Waals surface area contributed by atoms with Gasteiger partial charge in [0.15, 0.2) is 11.6 Å². The monoisotopic (exact) mass is 528 g/mol. The Hall–Kier alpha value is -3.78. The van der Waals surface area contributed by atoms with Crippen molar-refractivity contribution in [2.24, 2.45) is 5.73 Å². The number of carbonyl (C=O) groups is 3. The van der Waals surface area contributed by atoms with Crippen LogP contribution in [0.3, 0.4) is 0 Å². The fourth-order valence-electron chi connectivity index (χ4n) is 4.33. The molecular weight excluding hydrogens is 502 g/mol. The van der Waals surface area contributed by atoms with Crippen molar-refractivity contribution in [1.82, 2.24) is 4.90 Å². The zero-order valence-electron chi connectivity index (χ0n) is 20.4. The molecule has 9 heteroatoms. The fraction of sp³-hybridized carbons (Fsp3) is 0.250. The molecule has 0 aliphatic heterocycles. The molecule has 1 atom stereocenters. The van der Waals surface area contributed by atoms with Crippen molar-refractivity contribution < 1.29 is 28.3 Å². The van der Waals surface area contributed by atoms with Crippen molar-refractivity contribution in [3.63, 3.8) is 0 Å². The molecule has 6 nitrogen and oxygen atoms in total. The second kappa shape index (κ2) is 11.5. The average molecular weight is 529 g/mol. The van der Waals surface area contributed by atoms with Gasteiger partial charge in [-0.15, -0.1) is 0 Å². The maximum absolute atomic E-state index is 14.2. The number of carbonyl (C=O) groups excluding carboxylic acids is 2. The molecule has 0 fully saturated rings. The fourth-order valence-corrected chi connectivity index (χ4v) is 4.45. The van der Waals surface area contributed by atoms with Crippen LogP contribution in [0.1, 0.15) is 42.6 Å². The van der Waals surface area contributed by atoms with Gasteiger partial charge in [-0.25, -0.2) is 13.6 Å². The Kier molecular flexibility index (Phi) is 8.65. The van der Waals surface area contributed by atoms with Crippen LogP contribution in [0.4, 0.5) is 8.78 Å². The number of carboxylic acids is 1. The highest BCUT2D eigenvalue weighted by Gasteiger charge is 2.40. The lowest BCUT2D eigenvalue weighted by Gasteiger charge is -2.42. The SMILES string of the molecule is CC(C)(Cc1ccc(Cl)cc1)N(C(=O)c1ccc(-c2cccc(F)c2F)cc1)[C@@H](CCC(N)=O)C(=O)O. The van der Waals surface area contributed by atoms with Crippen molar-refractivity contribution in [3.05, 3.63) is 94.5 Å². The standard InChI is InChI=1S/C28H27ClF2N2O4/c1-28(2,16-17-6-12-20(29)13-7-17)33(23(27(36)37)14-15-24(32)34)26(35)19-10-8-18(9-11-19)21-4-3-5-22(30)25(21)31/h3-13,23H,14-16H2,1-2H3,(H2,32,34)(H,36,37)/t23-/m0/s1. The van der Waals surface area contributed by atoms with Crippen LogP contribution in [0.2, 0.25) is 5.02 Å². The van der Waals surface area contributed by atoms with Gasteiger partial charge in [-0.1, -0.05) is 48.0 Å². The molecule has 3 aromatic rings. The summed E-state index contributed by atoms with van der Waals surface area (Å²) in [7, 11) is 0. The molecule has 0 bridgehead atoms. The Morgan fingerprint density at radius 2 is 1.62 bits per heavy atom. The maximum atomic E-state index is 14.2. The molecule has 0 aromatic heterocycles. The van der Waals surface area contributed by atoms with Crippen LogP contribution in [0.15, 0.2) is 66.7 Å². The Bertz CT molecular complexity index is 1290. The zero-order chi connectivity index (χ0) is 27.3. The molecule has 3 rings (SSSR count). The van der Waals surface area contributed by atoms with Crippen LogP contribution in [-0.4, -0.2) is 39.4 Å². The van der Waals surface area contributed by atoms with Crippen molar-refractivity contribution in [1.29, 1.82) is 0 Å². The first-order valence-electron chi connectivity index (χ1n) is 11.5. The van der Waals surface area contributed by atoms with Gasteiger partial charge in [0.25, 0.3) is 5.91 Å². The molecule has 2 amide bonds. The van der Waals surface area contributed by atoms with Gasteiger partial charge in [-0.05, 0) is 68.1 Å². The quantitative estimate of drug-likeness (QED) is 0.364. The van der Waals surface area contributed by atoms with Gasteiger partial charge in [-0.3, -0.25) is 9.59 Å². The normalized spacial score (nSPS) is 12.1. The molecular formula is C28H27ClF2N2O4. The molecule has 0 aliphatic carbocycles. The first-order chi connectivity index (χ1) is 17.4. The highest BCUT2D eigenvalue weighted by Crippen LogP contribution is 2.30. The van der Waals surface area contributed by atoms with Crippen LogP contribution in [-0.2, 0) is 16.0 Å². The summed E-state index contributed by atoms with van der Waals surface area (Å²) in [6.45, 7) is 3.46. The number of amides is 2. The topological polar surface area (TPSA) is 101 Å². The van der Waals surface area contributed by atoms with E-state index in [0.29, 0.717) is 17.0 Å². The summed E-state index contributed by atoms with van der Waals surface area (Å²) in [4.78, 5) is 38.8. The molecule has 0 saturated carbocycles. The largest absolute Gasteiger partial charge is 0.480 e. The summed E-state index contributed by atoms with van der Waals surface area (Å²) in [5, 5.41) is 10.6. The number of nitrogens with zero attached hydrogens (tertiary/aromatic N) is 1. The van der Waals surface area contributed by atoms with Crippen molar-refractivity contribution in [2.45, 2.75) is 44.7 Å². The highest BCUT2D eigenvalue weighted by molar-refractivity contribution is 6.30. The Morgan fingerprint density at radius 3 is 2.19 bits per heavy atom. The van der Waals surface area contributed by atoms with Crippen LogP contribution < -0.4 is 5.73 Å². The molecule has 194 valence electrons. The predicted octanol–water partition coefficient (Wildman–Crippen LogP) is 5.47. The van der Waals surface area contributed by atoms with E-state index in [1.165, 1.54) is 41.3 Å². The summed E-state index contributed by atoms with van der Waals surface area (Å²) in [5.41, 5.74) is 5.60. The number of hydrogen-bond donors (Lipinski definition) is 2. The van der Waals surface area contributed by atoms with Crippen LogP contribution in [0, 0.1) is 11.6 Å². The maximum Gasteiger partial charge on any atom is 0.326 e. The number of carboxylic acid groups (broad SMARTS) is 1. The summed E-state index contributed by atoms with van der Waals surface area (Å²) >= 11 is 5.98. The smallest absolute Gasteiger partial charge is 0.326 e. The first-order valence-corrected chi connectivity index (χ1v) is 11.9. The number of hydrogen-bond acceptors (Lipinski definition) is 3. The van der Waals surface area contributed by atoms with Crippen LogP contribution in [0.5, 0.6) is 0 Å². The number of aliphatic carboxylic acids is 1. The van der Waals surface area contributed by atoms with E-state index in [4.69, 9.17) is 17.3 Å². The molecule has 37 heavy (non-hydrogen) atoms. The first kappa shape index (κ1) is 27.8. The second-order valence-corrected chi connectivity index (χ2v) is 9.77. The van der Waals surface area contributed by atoms with Gasteiger partial charge in [0.2, 0.25) is 5.91 Å². The van der Waals surface area contributed by atoms with Gasteiger partial charge < -0.3 is 15.7 Å². The summed E-state index contributed by atoms with van der Waals surface area (Å²) in [6, 6.07) is 15.2. The summed E-state index contributed by atoms with van der Waals surface area (Å²) < 4.78 is 27.9. The minimum Gasteiger partial charge on any atom is -0.480 e. The van der Waals surface area contributed by atoms with E-state index in [-0.39, 0.29) is 24.0 Å². The minimum atomic E-state index is -1.34. The second-order valence-electron chi connectivity index (χ2n) is 9.33. The summed E-state index contributed by atoms with van der Waals surface area (Å²) in [5.74, 6) is -4.56. The van der Waals surface area contributed by atoms with Crippen molar-refractivity contribution >= 4 is 29.4 Å². The molecule has 0 aliphatic rings. The van der Waals surface area contributed by atoms with Gasteiger partial charge in [-0.2, -0.15) is 0 Å². The van der Waals surface area contributed by atoms with E-state index in [1.54, 1.807) is 38.1 Å². The van der Waals surface area contributed by atoms with Crippen LogP contribution in [0.25, 0.3) is 11.1 Å². The third-order valence-electron chi connectivity index (χ3n) is 6.08. The van der Waals surface area contributed by atoms with Gasteiger partial charge in [0, 0.05) is 28.1 Å². The average Bonchev–Trinajstić information content (AvgIpc) is 2.84. The molecule has 0 unspecified atom stereocenters. The summed E-state index contributed by atoms with van der Waals surface area (Å²) in [6.07, 6.45) is -0.106. The lowest BCUT2D eigenvalue weighted by Crippen LogP contribution is -2.57. The van der Waals surface area contributed by atoms with E-state index in [1.807, 2.05) is 0 Å². The number of primary amides is 1. The van der Waals surface area contributed by atoms with E-state index in [0.717, 1.165) is 11.6 Å².